The summed E-state index contributed by atoms with van der Waals surface area (Å²) >= 11 is 1.69. The van der Waals surface area contributed by atoms with Crippen LogP contribution in [0.3, 0.4) is 0 Å². The largest absolute Gasteiger partial charge is 0.380 e. The smallest absolute Gasteiger partial charge is 0.191 e. The molecule has 0 amide bonds. The Kier molecular flexibility index (Phi) is 7.88. The van der Waals surface area contributed by atoms with Gasteiger partial charge in [0.25, 0.3) is 0 Å². The maximum Gasteiger partial charge on any atom is 0.191 e. The molecule has 0 bridgehead atoms. The van der Waals surface area contributed by atoms with E-state index in [4.69, 9.17) is 4.74 Å². The fourth-order valence-electron chi connectivity index (χ4n) is 2.25. The monoisotopic (exact) mass is 360 g/mol. The Morgan fingerprint density at radius 1 is 1.20 bits per heavy atom. The Morgan fingerprint density at radius 3 is 2.52 bits per heavy atom. The fourth-order valence-corrected chi connectivity index (χ4v) is 3.15. The molecule has 136 valence electrons. The molecule has 0 saturated heterocycles. The molecule has 0 fully saturated rings. The zero-order chi connectivity index (χ0) is 18.1. The normalized spacial score (nSPS) is 11.8. The van der Waals surface area contributed by atoms with Crippen molar-refractivity contribution in [1.29, 1.82) is 0 Å². The van der Waals surface area contributed by atoms with Crippen molar-refractivity contribution < 1.29 is 4.74 Å². The molecule has 2 N–H and O–H groups in total. The van der Waals surface area contributed by atoms with E-state index in [9.17, 15) is 0 Å². The lowest BCUT2D eigenvalue weighted by Crippen LogP contribution is -2.36. The Morgan fingerprint density at radius 2 is 1.92 bits per heavy atom. The summed E-state index contributed by atoms with van der Waals surface area (Å²) in [5.74, 6) is 1.28. The summed E-state index contributed by atoms with van der Waals surface area (Å²) in [6.45, 7) is 9.18. The molecule has 6 heteroatoms. The van der Waals surface area contributed by atoms with Gasteiger partial charge in [0.1, 0.15) is 5.01 Å². The second-order valence-corrected chi connectivity index (χ2v) is 7.06. The van der Waals surface area contributed by atoms with Crippen LogP contribution in [0.25, 0.3) is 0 Å². The van der Waals surface area contributed by atoms with Crippen molar-refractivity contribution >= 4 is 17.3 Å². The Labute approximate surface area is 154 Å². The summed E-state index contributed by atoms with van der Waals surface area (Å²) in [4.78, 5) is 9.31. The lowest BCUT2D eigenvalue weighted by molar-refractivity contribution is 0.185. The van der Waals surface area contributed by atoms with Gasteiger partial charge in [0, 0.05) is 19.0 Å². The van der Waals surface area contributed by atoms with Gasteiger partial charge in [0.2, 0.25) is 0 Å². The number of methoxy groups -OCH3 is 1. The predicted molar refractivity (Wildman–Crippen MR) is 105 cm³/mol. The molecule has 0 aliphatic carbocycles. The van der Waals surface area contributed by atoms with Crippen LogP contribution in [0.15, 0.2) is 34.6 Å². The standard InChI is InChI=1S/C19H28N4OS/c1-5-20-19(22-11-18-23-17(13-25-18)14(2)3)21-10-15-6-8-16(9-7-15)12-24-4/h6-9,13-14H,5,10-12H2,1-4H3,(H2,20,21,22). The maximum atomic E-state index is 5.14. The van der Waals surface area contributed by atoms with Crippen molar-refractivity contribution in [2.45, 2.75) is 46.4 Å². The first-order valence-electron chi connectivity index (χ1n) is 8.65. The number of rotatable bonds is 8. The average Bonchev–Trinajstić information content (AvgIpc) is 3.08. The van der Waals surface area contributed by atoms with Crippen LogP contribution < -0.4 is 10.6 Å². The van der Waals surface area contributed by atoms with E-state index in [2.05, 4.69) is 71.0 Å². The Balaban J connectivity index is 1.92. The van der Waals surface area contributed by atoms with E-state index in [0.717, 1.165) is 23.2 Å². The first-order chi connectivity index (χ1) is 12.1. The van der Waals surface area contributed by atoms with Crippen LogP contribution in [0.2, 0.25) is 0 Å². The minimum atomic E-state index is 0.466. The maximum absolute atomic E-state index is 5.14. The third-order valence-corrected chi connectivity index (χ3v) is 4.53. The number of aliphatic imine (C=N–C) groups is 1. The van der Waals surface area contributed by atoms with Crippen LogP contribution in [0.4, 0.5) is 0 Å². The number of ether oxygens (including phenoxy) is 1. The van der Waals surface area contributed by atoms with Crippen LogP contribution >= 0.6 is 11.3 Å². The second-order valence-electron chi connectivity index (χ2n) is 6.12. The summed E-state index contributed by atoms with van der Waals surface area (Å²) in [7, 11) is 1.71. The summed E-state index contributed by atoms with van der Waals surface area (Å²) < 4.78 is 5.14. The predicted octanol–water partition coefficient (Wildman–Crippen LogP) is 3.67. The van der Waals surface area contributed by atoms with Gasteiger partial charge in [-0.1, -0.05) is 38.1 Å². The number of hydrogen-bond donors (Lipinski definition) is 2. The average molecular weight is 361 g/mol. The van der Waals surface area contributed by atoms with Crippen molar-refractivity contribution in [1.82, 2.24) is 15.6 Å². The van der Waals surface area contributed by atoms with E-state index in [-0.39, 0.29) is 0 Å². The summed E-state index contributed by atoms with van der Waals surface area (Å²) in [5, 5.41) is 9.85. The fraction of sp³-hybridized carbons (Fsp3) is 0.474. The molecule has 25 heavy (non-hydrogen) atoms. The van der Waals surface area contributed by atoms with Gasteiger partial charge in [-0.25, -0.2) is 9.98 Å². The summed E-state index contributed by atoms with van der Waals surface area (Å²) in [6, 6.07) is 8.35. The zero-order valence-corrected chi connectivity index (χ0v) is 16.3. The van der Waals surface area contributed by atoms with Crippen molar-refractivity contribution in [2.24, 2.45) is 4.99 Å². The van der Waals surface area contributed by atoms with Crippen molar-refractivity contribution in [3.8, 4) is 0 Å². The SMILES string of the molecule is CCNC(=NCc1ccc(COC)cc1)NCc1nc(C(C)C)cs1. The molecule has 0 radical (unpaired) electrons. The molecule has 0 unspecified atom stereocenters. The molecule has 0 aliphatic rings. The highest BCUT2D eigenvalue weighted by Gasteiger charge is 2.06. The van der Waals surface area contributed by atoms with E-state index < -0.39 is 0 Å². The number of benzene rings is 1. The van der Waals surface area contributed by atoms with E-state index in [1.54, 1.807) is 18.4 Å². The molecule has 5 nitrogen and oxygen atoms in total. The number of nitrogens with zero attached hydrogens (tertiary/aromatic N) is 2. The van der Waals surface area contributed by atoms with Crippen LogP contribution in [0.5, 0.6) is 0 Å². The molecule has 1 aromatic carbocycles. The second kappa shape index (κ2) is 10.2. The van der Waals surface area contributed by atoms with Gasteiger partial charge in [0.15, 0.2) is 5.96 Å². The van der Waals surface area contributed by atoms with Gasteiger partial charge in [-0.05, 0) is 24.0 Å². The lowest BCUT2D eigenvalue weighted by Gasteiger charge is -2.10. The molecule has 2 aromatic rings. The van der Waals surface area contributed by atoms with Gasteiger partial charge < -0.3 is 15.4 Å². The molecular formula is C19H28N4OS. The molecule has 2 rings (SSSR count). The highest BCUT2D eigenvalue weighted by Crippen LogP contribution is 2.17. The first-order valence-corrected chi connectivity index (χ1v) is 9.53. The summed E-state index contributed by atoms with van der Waals surface area (Å²) in [6.07, 6.45) is 0. The van der Waals surface area contributed by atoms with Crippen molar-refractivity contribution in [2.75, 3.05) is 13.7 Å². The number of hydrogen-bond acceptors (Lipinski definition) is 4. The molecular weight excluding hydrogens is 332 g/mol. The Hall–Kier alpha value is -1.92. The van der Waals surface area contributed by atoms with Crippen LogP contribution in [-0.4, -0.2) is 24.6 Å². The number of nitrogens with one attached hydrogen (secondary N) is 2. The molecule has 1 aromatic heterocycles. The van der Waals surface area contributed by atoms with E-state index in [0.29, 0.717) is 25.6 Å². The molecule has 1 heterocycles. The number of guanidine groups is 1. The van der Waals surface area contributed by atoms with Crippen LogP contribution in [-0.2, 0) is 24.4 Å². The van der Waals surface area contributed by atoms with Crippen LogP contribution in [0.1, 0.15) is 48.5 Å². The minimum Gasteiger partial charge on any atom is -0.380 e. The number of thiazole rings is 1. The van der Waals surface area contributed by atoms with Gasteiger partial charge >= 0.3 is 0 Å². The van der Waals surface area contributed by atoms with Crippen LogP contribution in [0, 0.1) is 0 Å². The summed E-state index contributed by atoms with van der Waals surface area (Å²) in [5.41, 5.74) is 3.50. The van der Waals surface area contributed by atoms with Gasteiger partial charge in [-0.15, -0.1) is 11.3 Å². The molecule has 0 spiro atoms. The van der Waals surface area contributed by atoms with Crippen molar-refractivity contribution in [3.05, 3.63) is 51.5 Å². The van der Waals surface area contributed by atoms with Gasteiger partial charge in [-0.3, -0.25) is 0 Å². The van der Waals surface area contributed by atoms with E-state index in [1.165, 1.54) is 11.1 Å². The molecule has 0 aliphatic heterocycles. The highest BCUT2D eigenvalue weighted by molar-refractivity contribution is 7.09. The van der Waals surface area contributed by atoms with Crippen molar-refractivity contribution in [3.63, 3.8) is 0 Å². The first kappa shape index (κ1) is 19.4. The number of aromatic nitrogens is 1. The Bertz CT molecular complexity index is 664. The van der Waals surface area contributed by atoms with E-state index in [1.807, 2.05) is 0 Å². The van der Waals surface area contributed by atoms with Gasteiger partial charge in [0.05, 0.1) is 25.4 Å². The third kappa shape index (κ3) is 6.48. The lowest BCUT2D eigenvalue weighted by atomic mass is 10.1. The van der Waals surface area contributed by atoms with Gasteiger partial charge in [-0.2, -0.15) is 0 Å². The topological polar surface area (TPSA) is 58.5 Å². The minimum absolute atomic E-state index is 0.466. The highest BCUT2D eigenvalue weighted by atomic mass is 32.1. The zero-order valence-electron chi connectivity index (χ0n) is 15.5. The molecule has 0 atom stereocenters. The molecule has 0 saturated carbocycles. The quantitative estimate of drug-likeness (QED) is 0.557. The third-order valence-electron chi connectivity index (χ3n) is 3.67. The van der Waals surface area contributed by atoms with E-state index >= 15 is 0 Å².